The summed E-state index contributed by atoms with van der Waals surface area (Å²) in [5.41, 5.74) is 0.689. The van der Waals surface area contributed by atoms with Crippen molar-refractivity contribution in [2.45, 2.75) is 31.4 Å². The lowest BCUT2D eigenvalue weighted by molar-refractivity contribution is -0.143. The number of carboxylic acids is 1. The Kier molecular flexibility index (Phi) is 4.98. The molecule has 20 heavy (non-hydrogen) atoms. The van der Waals surface area contributed by atoms with Crippen LogP contribution in [0, 0.1) is 0 Å². The standard InChI is InChI=1S/C14H16ClNO4/c15-10-5-2-1-4-9(10)8-11(14(18)19)16-13(17)12-6-3-7-20-12/h1-2,4-5,11-12H,3,6-8H2,(H,16,17)(H,18,19)/t11-,12+/m0/s1. The van der Waals surface area contributed by atoms with Crippen molar-refractivity contribution in [3.63, 3.8) is 0 Å². The number of amides is 1. The zero-order valence-corrected chi connectivity index (χ0v) is 11.6. The Labute approximate surface area is 121 Å². The maximum absolute atomic E-state index is 11.9. The van der Waals surface area contributed by atoms with E-state index in [0.29, 0.717) is 23.6 Å². The summed E-state index contributed by atoms with van der Waals surface area (Å²) in [5, 5.41) is 12.2. The van der Waals surface area contributed by atoms with Crippen LogP contribution in [0.1, 0.15) is 18.4 Å². The highest BCUT2D eigenvalue weighted by atomic mass is 35.5. The third kappa shape index (κ3) is 3.71. The first-order chi connectivity index (χ1) is 9.58. The van der Waals surface area contributed by atoms with E-state index in [1.165, 1.54) is 0 Å². The molecule has 2 N–H and O–H groups in total. The molecule has 2 atom stereocenters. The number of ether oxygens (including phenoxy) is 1. The summed E-state index contributed by atoms with van der Waals surface area (Å²) in [6.07, 6.45) is 1.06. The molecule has 0 saturated carbocycles. The van der Waals surface area contributed by atoms with Gasteiger partial charge in [-0.25, -0.2) is 4.79 Å². The van der Waals surface area contributed by atoms with Crippen molar-refractivity contribution >= 4 is 23.5 Å². The molecule has 1 aliphatic heterocycles. The number of carbonyl (C=O) groups excluding carboxylic acids is 1. The molecule has 0 unspecified atom stereocenters. The summed E-state index contributed by atoms with van der Waals surface area (Å²) >= 11 is 6.01. The van der Waals surface area contributed by atoms with E-state index in [-0.39, 0.29) is 12.3 Å². The third-order valence-electron chi connectivity index (χ3n) is 3.22. The van der Waals surface area contributed by atoms with Gasteiger partial charge in [0.05, 0.1) is 0 Å². The quantitative estimate of drug-likeness (QED) is 0.866. The lowest BCUT2D eigenvalue weighted by atomic mass is 10.1. The topological polar surface area (TPSA) is 75.6 Å². The highest BCUT2D eigenvalue weighted by Gasteiger charge is 2.28. The Hall–Kier alpha value is -1.59. The van der Waals surface area contributed by atoms with Gasteiger partial charge in [0.1, 0.15) is 12.1 Å². The van der Waals surface area contributed by atoms with Gasteiger partial charge in [-0.05, 0) is 24.5 Å². The first kappa shape index (κ1) is 14.8. The van der Waals surface area contributed by atoms with Gasteiger partial charge < -0.3 is 15.2 Å². The Morgan fingerprint density at radius 2 is 2.20 bits per heavy atom. The fourth-order valence-electron chi connectivity index (χ4n) is 2.13. The summed E-state index contributed by atoms with van der Waals surface area (Å²) in [5.74, 6) is -1.46. The first-order valence-electron chi connectivity index (χ1n) is 6.46. The smallest absolute Gasteiger partial charge is 0.326 e. The van der Waals surface area contributed by atoms with Crippen molar-refractivity contribution < 1.29 is 19.4 Å². The van der Waals surface area contributed by atoms with Crippen LogP contribution in [0.2, 0.25) is 5.02 Å². The van der Waals surface area contributed by atoms with Gasteiger partial charge >= 0.3 is 5.97 Å². The van der Waals surface area contributed by atoms with Crippen molar-refractivity contribution in [3.05, 3.63) is 34.9 Å². The Balaban J connectivity index is 2.02. The zero-order valence-electron chi connectivity index (χ0n) is 10.8. The molecule has 1 aromatic carbocycles. The highest BCUT2D eigenvalue weighted by Crippen LogP contribution is 2.17. The number of hydrogen-bond acceptors (Lipinski definition) is 3. The summed E-state index contributed by atoms with van der Waals surface area (Å²) in [6, 6.07) is 5.98. The van der Waals surface area contributed by atoms with Crippen molar-refractivity contribution in [1.29, 1.82) is 0 Å². The van der Waals surface area contributed by atoms with Gasteiger partial charge in [0, 0.05) is 18.1 Å². The van der Waals surface area contributed by atoms with Gasteiger partial charge in [0.2, 0.25) is 5.91 Å². The molecule has 5 nitrogen and oxygen atoms in total. The lowest BCUT2D eigenvalue weighted by Gasteiger charge is -2.17. The molecule has 0 aliphatic carbocycles. The molecule has 108 valence electrons. The first-order valence-corrected chi connectivity index (χ1v) is 6.84. The number of halogens is 1. The fourth-order valence-corrected chi connectivity index (χ4v) is 2.35. The Bertz CT molecular complexity index is 500. The van der Waals surface area contributed by atoms with E-state index < -0.39 is 18.1 Å². The molecule has 0 radical (unpaired) electrons. The van der Waals surface area contributed by atoms with Gasteiger partial charge in [-0.3, -0.25) is 4.79 Å². The molecule has 1 fully saturated rings. The van der Waals surface area contributed by atoms with Crippen LogP contribution >= 0.6 is 11.6 Å². The molecule has 1 heterocycles. The molecular weight excluding hydrogens is 282 g/mol. The number of benzene rings is 1. The van der Waals surface area contributed by atoms with Crippen LogP contribution in [-0.4, -0.2) is 35.7 Å². The van der Waals surface area contributed by atoms with Crippen LogP contribution in [0.4, 0.5) is 0 Å². The van der Waals surface area contributed by atoms with E-state index in [1.807, 2.05) is 0 Å². The molecule has 1 amide bonds. The van der Waals surface area contributed by atoms with Crippen LogP contribution in [0.15, 0.2) is 24.3 Å². The molecular formula is C14H16ClNO4. The number of hydrogen-bond donors (Lipinski definition) is 2. The minimum absolute atomic E-state index is 0.146. The van der Waals surface area contributed by atoms with E-state index >= 15 is 0 Å². The predicted octanol–water partition coefficient (Wildman–Crippen LogP) is 1.63. The maximum Gasteiger partial charge on any atom is 0.326 e. The molecule has 1 aromatic rings. The number of carbonyl (C=O) groups is 2. The molecule has 0 aromatic heterocycles. The molecule has 2 rings (SSSR count). The third-order valence-corrected chi connectivity index (χ3v) is 3.59. The van der Waals surface area contributed by atoms with Crippen LogP contribution in [0.3, 0.4) is 0 Å². The van der Waals surface area contributed by atoms with Gasteiger partial charge in [-0.15, -0.1) is 0 Å². The zero-order chi connectivity index (χ0) is 14.5. The highest BCUT2D eigenvalue weighted by molar-refractivity contribution is 6.31. The van der Waals surface area contributed by atoms with E-state index in [2.05, 4.69) is 5.32 Å². The normalized spacial score (nSPS) is 19.6. The van der Waals surface area contributed by atoms with Gasteiger partial charge in [0.15, 0.2) is 0 Å². The predicted molar refractivity (Wildman–Crippen MR) is 73.7 cm³/mol. The minimum atomic E-state index is -1.09. The molecule has 0 bridgehead atoms. The summed E-state index contributed by atoms with van der Waals surface area (Å²) in [4.78, 5) is 23.2. The van der Waals surface area contributed by atoms with Gasteiger partial charge in [-0.1, -0.05) is 29.8 Å². The van der Waals surface area contributed by atoms with Crippen LogP contribution in [-0.2, 0) is 20.7 Å². The van der Waals surface area contributed by atoms with Crippen molar-refractivity contribution in [2.75, 3.05) is 6.61 Å². The van der Waals surface area contributed by atoms with E-state index in [1.54, 1.807) is 24.3 Å². The summed E-state index contributed by atoms with van der Waals surface area (Å²) in [6.45, 7) is 0.542. The number of nitrogens with one attached hydrogen (secondary N) is 1. The molecule has 1 saturated heterocycles. The molecule has 1 aliphatic rings. The van der Waals surface area contributed by atoms with Gasteiger partial charge in [-0.2, -0.15) is 0 Å². The van der Waals surface area contributed by atoms with Crippen LogP contribution < -0.4 is 5.32 Å². The van der Waals surface area contributed by atoms with Crippen LogP contribution in [0.25, 0.3) is 0 Å². The fraction of sp³-hybridized carbons (Fsp3) is 0.429. The van der Waals surface area contributed by atoms with E-state index in [4.69, 9.17) is 16.3 Å². The number of aliphatic carboxylic acids is 1. The average molecular weight is 298 g/mol. The Morgan fingerprint density at radius 1 is 1.45 bits per heavy atom. The Morgan fingerprint density at radius 3 is 2.80 bits per heavy atom. The minimum Gasteiger partial charge on any atom is -0.480 e. The van der Waals surface area contributed by atoms with E-state index in [9.17, 15) is 14.7 Å². The number of carboxylic acid groups (broad SMARTS) is 1. The van der Waals surface area contributed by atoms with Crippen molar-refractivity contribution in [3.8, 4) is 0 Å². The second-order valence-electron chi connectivity index (χ2n) is 4.70. The second-order valence-corrected chi connectivity index (χ2v) is 5.10. The monoisotopic (exact) mass is 297 g/mol. The van der Waals surface area contributed by atoms with Crippen LogP contribution in [0.5, 0.6) is 0 Å². The lowest BCUT2D eigenvalue weighted by Crippen LogP contribution is -2.46. The van der Waals surface area contributed by atoms with Crippen molar-refractivity contribution in [2.24, 2.45) is 0 Å². The summed E-state index contributed by atoms with van der Waals surface area (Å²) < 4.78 is 5.24. The van der Waals surface area contributed by atoms with Crippen molar-refractivity contribution in [1.82, 2.24) is 5.32 Å². The average Bonchev–Trinajstić information content (AvgIpc) is 2.94. The van der Waals surface area contributed by atoms with Gasteiger partial charge in [0.25, 0.3) is 0 Å². The maximum atomic E-state index is 11.9. The molecule has 6 heteroatoms. The molecule has 0 spiro atoms. The number of rotatable bonds is 5. The second kappa shape index (κ2) is 6.72. The largest absolute Gasteiger partial charge is 0.480 e. The van der Waals surface area contributed by atoms with E-state index in [0.717, 1.165) is 6.42 Å². The summed E-state index contributed by atoms with van der Waals surface area (Å²) in [7, 11) is 0. The SMILES string of the molecule is O=C(O)[C@H](Cc1ccccc1Cl)NC(=O)[C@H]1CCCO1.